The van der Waals surface area contributed by atoms with E-state index in [1.165, 1.54) is 7.11 Å². The summed E-state index contributed by atoms with van der Waals surface area (Å²) in [6, 6.07) is -1.34. The molecule has 2 N–H and O–H groups in total. The van der Waals surface area contributed by atoms with Crippen LogP contribution in [-0.2, 0) is 14.3 Å². The molecule has 0 bridgehead atoms. The number of aliphatic carboxylic acids is 1. The lowest BCUT2D eigenvalue weighted by atomic mass is 10.2. The maximum absolute atomic E-state index is 11.2. The number of carbonyl (C=O) groups excluding carboxylic acids is 1. The van der Waals surface area contributed by atoms with Crippen molar-refractivity contribution in [2.24, 2.45) is 0 Å². The number of nitrogens with zero attached hydrogens (tertiary/aromatic N) is 1. The van der Waals surface area contributed by atoms with E-state index in [1.54, 1.807) is 0 Å². The van der Waals surface area contributed by atoms with Crippen LogP contribution in [0.15, 0.2) is 0 Å². The fourth-order valence-corrected chi connectivity index (χ4v) is 1.35. The molecule has 0 aromatic carbocycles. The molecule has 0 unspecified atom stereocenters. The van der Waals surface area contributed by atoms with Crippen molar-refractivity contribution in [1.29, 1.82) is 0 Å². The summed E-state index contributed by atoms with van der Waals surface area (Å²) in [6.45, 7) is 0. The second kappa shape index (κ2) is 3.62. The predicted molar refractivity (Wildman–Crippen MR) is 41.7 cm³/mol. The number of ether oxygens (including phenoxy) is 1. The van der Waals surface area contributed by atoms with Gasteiger partial charge in [-0.15, -0.1) is 0 Å². The maximum Gasteiger partial charge on any atom is 0.414 e. The van der Waals surface area contributed by atoms with Gasteiger partial charge in [0.1, 0.15) is 12.1 Å². The van der Waals surface area contributed by atoms with E-state index in [9.17, 15) is 14.4 Å². The maximum atomic E-state index is 11.2. The van der Waals surface area contributed by atoms with Crippen LogP contribution in [0.25, 0.3) is 0 Å². The second-order valence-electron chi connectivity index (χ2n) is 2.80. The van der Waals surface area contributed by atoms with E-state index in [-0.39, 0.29) is 11.3 Å². The van der Waals surface area contributed by atoms with Gasteiger partial charge in [-0.3, -0.25) is 4.79 Å². The van der Waals surface area contributed by atoms with Crippen LogP contribution >= 0.6 is 0 Å². The Morgan fingerprint density at radius 3 is 2.36 bits per heavy atom. The van der Waals surface area contributed by atoms with Gasteiger partial charge in [-0.25, -0.2) is 14.5 Å². The van der Waals surface area contributed by atoms with E-state index in [2.05, 4.69) is 4.74 Å². The molecule has 0 aromatic rings. The lowest BCUT2D eigenvalue weighted by Crippen LogP contribution is -2.42. The molecule has 0 aromatic heterocycles. The monoisotopic (exact) mass is 203 g/mol. The largest absolute Gasteiger partial charge is 0.480 e. The molecule has 1 heterocycles. The molecule has 0 radical (unpaired) electrons. The highest BCUT2D eigenvalue weighted by atomic mass is 16.5. The SMILES string of the molecule is CO[C@@H]1C[C@@H](C(=O)O)N(C(=O)O)C1=O. The molecule has 0 spiro atoms. The highest BCUT2D eigenvalue weighted by molar-refractivity contribution is 6.00. The number of hydrogen-bond donors (Lipinski definition) is 2. The molecule has 7 nitrogen and oxygen atoms in total. The van der Waals surface area contributed by atoms with Gasteiger partial charge < -0.3 is 14.9 Å². The number of imide groups is 1. The molecule has 2 atom stereocenters. The summed E-state index contributed by atoms with van der Waals surface area (Å²) in [6.07, 6.45) is -2.69. The summed E-state index contributed by atoms with van der Waals surface area (Å²) in [4.78, 5) is 32.7. The molecule has 1 aliphatic heterocycles. The molecule has 1 aliphatic rings. The first-order valence-corrected chi connectivity index (χ1v) is 3.80. The van der Waals surface area contributed by atoms with Crippen LogP contribution in [0.1, 0.15) is 6.42 Å². The molecular weight excluding hydrogens is 194 g/mol. The first kappa shape index (κ1) is 10.5. The third-order valence-corrected chi connectivity index (χ3v) is 2.04. The first-order chi connectivity index (χ1) is 6.49. The topological polar surface area (TPSA) is 104 Å². The zero-order chi connectivity index (χ0) is 10.9. The summed E-state index contributed by atoms with van der Waals surface area (Å²) in [5, 5.41) is 17.3. The molecule has 0 saturated carbocycles. The summed E-state index contributed by atoms with van der Waals surface area (Å²) >= 11 is 0. The zero-order valence-corrected chi connectivity index (χ0v) is 7.34. The third kappa shape index (κ3) is 1.53. The van der Waals surface area contributed by atoms with Crippen LogP contribution in [0.4, 0.5) is 4.79 Å². The van der Waals surface area contributed by atoms with E-state index in [1.807, 2.05) is 0 Å². The predicted octanol–water partition coefficient (Wildman–Crippen LogP) is -0.635. The molecule has 14 heavy (non-hydrogen) atoms. The number of carboxylic acid groups (broad SMARTS) is 2. The number of methoxy groups -OCH3 is 1. The minimum atomic E-state index is -1.57. The van der Waals surface area contributed by atoms with Gasteiger partial charge in [-0.2, -0.15) is 0 Å². The van der Waals surface area contributed by atoms with Gasteiger partial charge in [0.2, 0.25) is 0 Å². The highest BCUT2D eigenvalue weighted by Gasteiger charge is 2.47. The van der Waals surface area contributed by atoms with Gasteiger partial charge >= 0.3 is 12.1 Å². The average Bonchev–Trinajstić information content (AvgIpc) is 2.42. The van der Waals surface area contributed by atoms with Crippen LogP contribution in [0, 0.1) is 0 Å². The molecule has 0 aliphatic carbocycles. The van der Waals surface area contributed by atoms with Crippen molar-refractivity contribution in [3.8, 4) is 0 Å². The van der Waals surface area contributed by atoms with E-state index in [0.717, 1.165) is 0 Å². The number of carboxylic acids is 1. The van der Waals surface area contributed by atoms with Crippen molar-refractivity contribution >= 4 is 18.0 Å². The Balaban J connectivity index is 2.93. The van der Waals surface area contributed by atoms with Gasteiger partial charge in [-0.1, -0.05) is 0 Å². The molecule has 2 amide bonds. The lowest BCUT2D eigenvalue weighted by Gasteiger charge is -2.14. The number of carbonyl (C=O) groups is 3. The fraction of sp³-hybridized carbons (Fsp3) is 0.571. The van der Waals surface area contributed by atoms with Crippen LogP contribution < -0.4 is 0 Å². The molecule has 1 rings (SSSR count). The Morgan fingerprint density at radius 1 is 1.50 bits per heavy atom. The van der Waals surface area contributed by atoms with E-state index in [0.29, 0.717) is 0 Å². The Kier molecular flexibility index (Phi) is 2.70. The van der Waals surface area contributed by atoms with Crippen LogP contribution in [0.2, 0.25) is 0 Å². The van der Waals surface area contributed by atoms with Gasteiger partial charge in [0.05, 0.1) is 0 Å². The molecule has 1 saturated heterocycles. The molecule has 78 valence electrons. The highest BCUT2D eigenvalue weighted by Crippen LogP contribution is 2.21. The van der Waals surface area contributed by atoms with Crippen LogP contribution in [-0.4, -0.2) is 52.3 Å². The summed E-state index contributed by atoms with van der Waals surface area (Å²) in [7, 11) is 1.23. The molecular formula is C7H9NO6. The van der Waals surface area contributed by atoms with Crippen molar-refractivity contribution in [3.05, 3.63) is 0 Å². The number of amides is 2. The molecule has 1 fully saturated rings. The second-order valence-corrected chi connectivity index (χ2v) is 2.80. The van der Waals surface area contributed by atoms with Crippen molar-refractivity contribution in [2.45, 2.75) is 18.6 Å². The summed E-state index contributed by atoms with van der Waals surface area (Å²) in [5.41, 5.74) is 0. The standard InChI is InChI=1S/C7H9NO6/c1-14-4-2-3(6(10)11)8(5(4)9)7(12)13/h3-4H,2H2,1H3,(H,10,11)(H,12,13)/t3-,4+/m0/s1. The summed E-state index contributed by atoms with van der Waals surface area (Å²) in [5.74, 6) is -2.17. The van der Waals surface area contributed by atoms with Gasteiger partial charge in [0, 0.05) is 13.5 Å². The van der Waals surface area contributed by atoms with Crippen molar-refractivity contribution < 1.29 is 29.3 Å². The minimum absolute atomic E-state index is 0.142. The minimum Gasteiger partial charge on any atom is -0.480 e. The Labute approximate surface area is 78.9 Å². The fourth-order valence-electron chi connectivity index (χ4n) is 1.35. The van der Waals surface area contributed by atoms with E-state index in [4.69, 9.17) is 10.2 Å². The number of likely N-dealkylation sites (tertiary alicyclic amines) is 1. The third-order valence-electron chi connectivity index (χ3n) is 2.04. The van der Waals surface area contributed by atoms with Gasteiger partial charge in [0.15, 0.2) is 0 Å². The van der Waals surface area contributed by atoms with E-state index < -0.39 is 30.1 Å². The first-order valence-electron chi connectivity index (χ1n) is 3.80. The van der Waals surface area contributed by atoms with Crippen molar-refractivity contribution in [3.63, 3.8) is 0 Å². The van der Waals surface area contributed by atoms with Crippen molar-refractivity contribution in [1.82, 2.24) is 4.90 Å². The number of hydrogen-bond acceptors (Lipinski definition) is 4. The normalized spacial score (nSPS) is 26.6. The summed E-state index contributed by atoms with van der Waals surface area (Å²) < 4.78 is 4.67. The van der Waals surface area contributed by atoms with Gasteiger partial charge in [-0.05, 0) is 0 Å². The average molecular weight is 203 g/mol. The molecule has 7 heteroatoms. The Bertz CT molecular complexity index is 288. The van der Waals surface area contributed by atoms with Crippen LogP contribution in [0.3, 0.4) is 0 Å². The van der Waals surface area contributed by atoms with Crippen molar-refractivity contribution in [2.75, 3.05) is 7.11 Å². The Morgan fingerprint density at radius 2 is 2.07 bits per heavy atom. The lowest BCUT2D eigenvalue weighted by molar-refractivity contribution is -0.145. The zero-order valence-electron chi connectivity index (χ0n) is 7.34. The Hall–Kier alpha value is -1.63. The van der Waals surface area contributed by atoms with E-state index >= 15 is 0 Å². The van der Waals surface area contributed by atoms with Crippen LogP contribution in [0.5, 0.6) is 0 Å². The number of rotatable bonds is 2. The quantitative estimate of drug-likeness (QED) is 0.618. The van der Waals surface area contributed by atoms with Gasteiger partial charge in [0.25, 0.3) is 5.91 Å². The smallest absolute Gasteiger partial charge is 0.414 e.